The Morgan fingerprint density at radius 1 is 1.19 bits per heavy atom. The Morgan fingerprint density at radius 2 is 1.76 bits per heavy atom. The molecule has 0 spiro atoms. The summed E-state index contributed by atoms with van der Waals surface area (Å²) < 4.78 is 13.4. The molecule has 0 aliphatic rings. The highest BCUT2D eigenvalue weighted by atomic mass is 19.1. The number of urea groups is 1. The van der Waals surface area contributed by atoms with Gasteiger partial charge in [0, 0.05) is 18.7 Å². The second kappa shape index (κ2) is 7.18. The van der Waals surface area contributed by atoms with E-state index < -0.39 is 17.9 Å². The van der Waals surface area contributed by atoms with Gasteiger partial charge < -0.3 is 10.4 Å². The van der Waals surface area contributed by atoms with Crippen molar-refractivity contribution in [1.82, 2.24) is 10.6 Å². The summed E-state index contributed by atoms with van der Waals surface area (Å²) in [5.41, 5.74) is 1.62. The van der Waals surface area contributed by atoms with E-state index in [-0.39, 0.29) is 12.4 Å². The highest BCUT2D eigenvalue weighted by molar-refractivity contribution is 6.02. The zero-order valence-electron chi connectivity index (χ0n) is 11.6. The number of rotatable bonds is 4. The van der Waals surface area contributed by atoms with Crippen molar-refractivity contribution in [2.75, 3.05) is 0 Å². The van der Waals surface area contributed by atoms with E-state index in [2.05, 4.69) is 5.32 Å². The van der Waals surface area contributed by atoms with E-state index in [9.17, 15) is 18.8 Å². The van der Waals surface area contributed by atoms with Crippen LogP contribution in [0.15, 0.2) is 24.3 Å². The van der Waals surface area contributed by atoms with Crippen molar-refractivity contribution >= 4 is 17.9 Å². The Labute approximate surface area is 120 Å². The standard InChI is InChI=1S/C14H15FN2O4/c1-8-5-10(6-9(2)13(8)15)7-16-14(21)17-11(18)3-4-12(19)20/h3-6H,7H2,1-2H3,(H,19,20)(H2,16,17,18,21)/b4-3+. The number of nitrogens with one attached hydrogen (secondary N) is 2. The maximum Gasteiger partial charge on any atom is 0.328 e. The lowest BCUT2D eigenvalue weighted by Gasteiger charge is -2.08. The van der Waals surface area contributed by atoms with Crippen molar-refractivity contribution in [3.05, 3.63) is 46.8 Å². The normalized spacial score (nSPS) is 10.4. The predicted molar refractivity (Wildman–Crippen MR) is 73.0 cm³/mol. The van der Waals surface area contributed by atoms with Crippen LogP contribution in [0.4, 0.5) is 9.18 Å². The number of aryl methyl sites for hydroxylation is 2. The molecule has 0 atom stereocenters. The molecule has 0 bridgehead atoms. The summed E-state index contributed by atoms with van der Waals surface area (Å²) in [5, 5.41) is 12.7. The van der Waals surface area contributed by atoms with Gasteiger partial charge in [0.15, 0.2) is 0 Å². The zero-order chi connectivity index (χ0) is 16.0. The van der Waals surface area contributed by atoms with Crippen molar-refractivity contribution in [1.29, 1.82) is 0 Å². The van der Waals surface area contributed by atoms with Gasteiger partial charge in [0.05, 0.1) is 0 Å². The van der Waals surface area contributed by atoms with Crippen LogP contribution in [0.3, 0.4) is 0 Å². The van der Waals surface area contributed by atoms with Crippen LogP contribution in [0.25, 0.3) is 0 Å². The molecule has 0 heterocycles. The Balaban J connectivity index is 2.54. The minimum Gasteiger partial charge on any atom is -0.478 e. The smallest absolute Gasteiger partial charge is 0.328 e. The molecule has 0 aromatic heterocycles. The highest BCUT2D eigenvalue weighted by Crippen LogP contribution is 2.14. The van der Waals surface area contributed by atoms with Gasteiger partial charge >= 0.3 is 12.0 Å². The van der Waals surface area contributed by atoms with Gasteiger partial charge in [-0.05, 0) is 30.5 Å². The summed E-state index contributed by atoms with van der Waals surface area (Å²) in [6.45, 7) is 3.35. The van der Waals surface area contributed by atoms with Crippen LogP contribution >= 0.6 is 0 Å². The number of hydrogen-bond donors (Lipinski definition) is 3. The molecule has 1 aromatic carbocycles. The van der Waals surface area contributed by atoms with Crippen molar-refractivity contribution in [2.24, 2.45) is 0 Å². The van der Waals surface area contributed by atoms with Gasteiger partial charge in [0.1, 0.15) is 5.82 Å². The van der Waals surface area contributed by atoms with Crippen molar-refractivity contribution in [3.63, 3.8) is 0 Å². The molecule has 0 fully saturated rings. The average Bonchev–Trinajstić information content (AvgIpc) is 2.40. The molecule has 3 N–H and O–H groups in total. The molecule has 21 heavy (non-hydrogen) atoms. The number of hydrogen-bond acceptors (Lipinski definition) is 3. The predicted octanol–water partition coefficient (Wildman–Crippen LogP) is 1.41. The third-order valence-corrected chi connectivity index (χ3v) is 2.56. The number of benzene rings is 1. The molecular formula is C14H15FN2O4. The molecule has 6 nitrogen and oxygen atoms in total. The molecule has 0 saturated heterocycles. The van der Waals surface area contributed by atoms with E-state index in [4.69, 9.17) is 5.11 Å². The number of carbonyl (C=O) groups is 3. The van der Waals surface area contributed by atoms with E-state index in [1.165, 1.54) is 0 Å². The first-order valence-electron chi connectivity index (χ1n) is 6.05. The van der Waals surface area contributed by atoms with E-state index in [1.54, 1.807) is 26.0 Å². The fraction of sp³-hybridized carbons (Fsp3) is 0.214. The summed E-state index contributed by atoms with van der Waals surface area (Å²) in [6.07, 6.45) is 1.35. The summed E-state index contributed by atoms with van der Waals surface area (Å²) in [6, 6.07) is 2.42. The molecule has 0 saturated carbocycles. The number of imide groups is 1. The lowest BCUT2D eigenvalue weighted by Crippen LogP contribution is -2.38. The van der Waals surface area contributed by atoms with E-state index in [0.717, 1.165) is 6.08 Å². The Kier molecular flexibility index (Phi) is 5.59. The highest BCUT2D eigenvalue weighted by Gasteiger charge is 2.07. The van der Waals surface area contributed by atoms with Gasteiger partial charge in [0.2, 0.25) is 0 Å². The first-order valence-corrected chi connectivity index (χ1v) is 6.05. The number of halogens is 1. The monoisotopic (exact) mass is 294 g/mol. The minimum atomic E-state index is -1.29. The lowest BCUT2D eigenvalue weighted by atomic mass is 10.1. The SMILES string of the molecule is Cc1cc(CNC(=O)NC(=O)/C=C/C(=O)O)cc(C)c1F. The van der Waals surface area contributed by atoms with Gasteiger partial charge in [-0.2, -0.15) is 0 Å². The molecule has 1 rings (SSSR count). The molecule has 3 amide bonds. The van der Waals surface area contributed by atoms with Crippen LogP contribution in [0.5, 0.6) is 0 Å². The first kappa shape index (κ1) is 16.4. The summed E-state index contributed by atoms with van der Waals surface area (Å²) in [4.78, 5) is 32.8. The first-order chi connectivity index (χ1) is 9.79. The maximum atomic E-state index is 13.4. The van der Waals surface area contributed by atoms with Crippen LogP contribution in [0, 0.1) is 19.7 Å². The molecular weight excluding hydrogens is 279 g/mol. The summed E-state index contributed by atoms with van der Waals surface area (Å²) >= 11 is 0. The van der Waals surface area contributed by atoms with Gasteiger partial charge in [0.25, 0.3) is 5.91 Å². The van der Waals surface area contributed by atoms with Crippen LogP contribution in [0.2, 0.25) is 0 Å². The van der Waals surface area contributed by atoms with Gasteiger partial charge in [-0.1, -0.05) is 12.1 Å². The Hall–Kier alpha value is -2.70. The zero-order valence-corrected chi connectivity index (χ0v) is 11.6. The molecule has 112 valence electrons. The van der Waals surface area contributed by atoms with Crippen LogP contribution in [-0.2, 0) is 16.1 Å². The van der Waals surface area contributed by atoms with Crippen molar-refractivity contribution in [2.45, 2.75) is 20.4 Å². The second-order valence-corrected chi connectivity index (χ2v) is 4.39. The number of carboxylic acids is 1. The third-order valence-electron chi connectivity index (χ3n) is 2.56. The average molecular weight is 294 g/mol. The number of carbonyl (C=O) groups excluding carboxylic acids is 2. The largest absolute Gasteiger partial charge is 0.478 e. The molecule has 7 heteroatoms. The van der Waals surface area contributed by atoms with Crippen LogP contribution in [0.1, 0.15) is 16.7 Å². The second-order valence-electron chi connectivity index (χ2n) is 4.39. The summed E-state index contributed by atoms with van der Waals surface area (Å²) in [7, 11) is 0. The molecule has 0 unspecified atom stereocenters. The topological polar surface area (TPSA) is 95.5 Å². The maximum absolute atomic E-state index is 13.4. The van der Waals surface area contributed by atoms with Crippen molar-refractivity contribution in [3.8, 4) is 0 Å². The quantitative estimate of drug-likeness (QED) is 0.732. The van der Waals surface area contributed by atoms with E-state index >= 15 is 0 Å². The Morgan fingerprint density at radius 3 is 2.29 bits per heavy atom. The molecule has 0 aliphatic heterocycles. The fourth-order valence-electron chi connectivity index (χ4n) is 1.66. The van der Waals surface area contributed by atoms with Crippen LogP contribution in [-0.4, -0.2) is 23.0 Å². The van der Waals surface area contributed by atoms with Crippen LogP contribution < -0.4 is 10.6 Å². The van der Waals surface area contributed by atoms with Crippen molar-refractivity contribution < 1.29 is 23.9 Å². The van der Waals surface area contributed by atoms with E-state index in [0.29, 0.717) is 22.8 Å². The third kappa shape index (κ3) is 5.43. The molecule has 0 aliphatic carbocycles. The molecule has 1 aromatic rings. The minimum absolute atomic E-state index is 0.115. The number of carboxylic acid groups (broad SMARTS) is 1. The number of aliphatic carboxylic acids is 1. The lowest BCUT2D eigenvalue weighted by molar-refractivity contribution is -0.131. The van der Waals surface area contributed by atoms with Gasteiger partial charge in [-0.3, -0.25) is 10.1 Å². The van der Waals surface area contributed by atoms with Gasteiger partial charge in [-0.15, -0.1) is 0 Å². The fourth-order valence-corrected chi connectivity index (χ4v) is 1.66. The summed E-state index contributed by atoms with van der Waals surface area (Å²) in [5.74, 6) is -2.43. The number of amides is 3. The molecule has 0 radical (unpaired) electrons. The Bertz CT molecular complexity index is 588. The van der Waals surface area contributed by atoms with E-state index in [1.807, 2.05) is 5.32 Å². The van der Waals surface area contributed by atoms with Gasteiger partial charge in [-0.25, -0.2) is 14.0 Å².